The molecule has 1 heterocycles. The molecule has 0 amide bonds. The van der Waals surface area contributed by atoms with Crippen LogP contribution in [0.25, 0.3) is 0 Å². The molecule has 16 heavy (non-hydrogen) atoms. The number of nitrogens with one attached hydrogen (secondary N) is 2. The number of rotatable bonds is 2. The van der Waals surface area contributed by atoms with Crippen LogP contribution in [-0.2, 0) is 0 Å². The van der Waals surface area contributed by atoms with Gasteiger partial charge in [-0.15, -0.1) is 0 Å². The number of hydrogen-bond donors (Lipinski definition) is 2. The van der Waals surface area contributed by atoms with Crippen LogP contribution in [0.4, 0.5) is 0 Å². The van der Waals surface area contributed by atoms with Crippen molar-refractivity contribution in [2.45, 2.75) is 64.0 Å². The van der Waals surface area contributed by atoms with Crippen LogP contribution < -0.4 is 10.6 Å². The van der Waals surface area contributed by atoms with Crippen LogP contribution in [0.3, 0.4) is 0 Å². The Morgan fingerprint density at radius 3 is 2.25 bits per heavy atom. The highest BCUT2D eigenvalue weighted by atomic mass is 15.1. The van der Waals surface area contributed by atoms with Gasteiger partial charge in [-0.1, -0.05) is 44.9 Å². The van der Waals surface area contributed by atoms with Gasteiger partial charge in [-0.2, -0.15) is 0 Å². The molecule has 1 aliphatic carbocycles. The molecule has 0 aromatic rings. The maximum Gasteiger partial charge on any atom is 0.0600 e. The van der Waals surface area contributed by atoms with Gasteiger partial charge in [-0.25, -0.2) is 0 Å². The van der Waals surface area contributed by atoms with Gasteiger partial charge in [0, 0.05) is 0 Å². The summed E-state index contributed by atoms with van der Waals surface area (Å²) in [6, 6.07) is 0. The fraction of sp³-hybridized carbons (Fsp3) is 1.00. The van der Waals surface area contributed by atoms with Crippen LogP contribution in [0.1, 0.15) is 57.8 Å². The molecule has 2 N–H and O–H groups in total. The van der Waals surface area contributed by atoms with Gasteiger partial charge in [0.25, 0.3) is 0 Å². The fourth-order valence-electron chi connectivity index (χ4n) is 3.65. The summed E-state index contributed by atoms with van der Waals surface area (Å²) in [5, 5.41) is 7.12. The van der Waals surface area contributed by atoms with Crippen molar-refractivity contribution in [2.75, 3.05) is 13.6 Å². The highest BCUT2D eigenvalue weighted by Gasteiger charge is 2.30. The zero-order chi connectivity index (χ0) is 11.2. The van der Waals surface area contributed by atoms with Gasteiger partial charge in [0.15, 0.2) is 0 Å². The lowest BCUT2D eigenvalue weighted by Gasteiger charge is -2.38. The Bertz CT molecular complexity index is 185. The van der Waals surface area contributed by atoms with Crippen molar-refractivity contribution in [3.63, 3.8) is 0 Å². The summed E-state index contributed by atoms with van der Waals surface area (Å²) in [6.07, 6.45) is 13.7. The Hall–Kier alpha value is -0.0800. The minimum Gasteiger partial charge on any atom is -0.305 e. The van der Waals surface area contributed by atoms with E-state index in [0.29, 0.717) is 6.17 Å². The monoisotopic (exact) mass is 224 g/mol. The van der Waals surface area contributed by atoms with E-state index < -0.39 is 0 Å². The van der Waals surface area contributed by atoms with Crippen molar-refractivity contribution in [3.05, 3.63) is 0 Å². The van der Waals surface area contributed by atoms with E-state index in [1.54, 1.807) is 0 Å². The summed E-state index contributed by atoms with van der Waals surface area (Å²) >= 11 is 0. The third-order valence-electron chi connectivity index (χ3n) is 4.57. The molecule has 0 bridgehead atoms. The number of piperidine rings is 1. The highest BCUT2D eigenvalue weighted by molar-refractivity contribution is 4.84. The summed E-state index contributed by atoms with van der Waals surface area (Å²) in [4.78, 5) is 0. The standard InChI is InChI=1S/C14H28N2/c1-15-14-13(10-7-11-16-14)12-8-5-3-2-4-6-9-12/h12-16H,2-11H2,1H3. The van der Waals surface area contributed by atoms with Crippen molar-refractivity contribution in [1.82, 2.24) is 10.6 Å². The van der Waals surface area contributed by atoms with Crippen molar-refractivity contribution >= 4 is 0 Å². The summed E-state index contributed by atoms with van der Waals surface area (Å²) in [7, 11) is 2.11. The van der Waals surface area contributed by atoms with Crippen molar-refractivity contribution < 1.29 is 0 Å². The van der Waals surface area contributed by atoms with E-state index in [1.165, 1.54) is 64.3 Å². The largest absolute Gasteiger partial charge is 0.305 e. The van der Waals surface area contributed by atoms with Crippen molar-refractivity contribution in [1.29, 1.82) is 0 Å². The Labute approximate surface area is 101 Å². The van der Waals surface area contributed by atoms with Gasteiger partial charge >= 0.3 is 0 Å². The fourth-order valence-corrected chi connectivity index (χ4v) is 3.65. The predicted octanol–water partition coefficient (Wildman–Crippen LogP) is 2.89. The lowest BCUT2D eigenvalue weighted by molar-refractivity contribution is 0.151. The first-order chi connectivity index (χ1) is 7.92. The molecule has 94 valence electrons. The molecular weight excluding hydrogens is 196 g/mol. The first-order valence-electron chi connectivity index (χ1n) is 7.32. The molecule has 1 aliphatic heterocycles. The van der Waals surface area contributed by atoms with Crippen LogP contribution in [0, 0.1) is 11.8 Å². The minimum absolute atomic E-state index is 0.582. The highest BCUT2D eigenvalue weighted by Crippen LogP contribution is 2.33. The Kier molecular flexibility index (Phi) is 5.11. The average molecular weight is 224 g/mol. The minimum atomic E-state index is 0.582. The molecule has 1 saturated carbocycles. The molecule has 0 radical (unpaired) electrons. The molecule has 2 aliphatic rings. The Morgan fingerprint density at radius 2 is 1.56 bits per heavy atom. The second-order valence-corrected chi connectivity index (χ2v) is 5.63. The van der Waals surface area contributed by atoms with Gasteiger partial charge in [-0.05, 0) is 38.3 Å². The lowest BCUT2D eigenvalue weighted by atomic mass is 9.77. The van der Waals surface area contributed by atoms with Gasteiger partial charge in [-0.3, -0.25) is 0 Å². The molecule has 2 nitrogen and oxygen atoms in total. The third-order valence-corrected chi connectivity index (χ3v) is 4.57. The molecule has 0 aromatic carbocycles. The maximum absolute atomic E-state index is 3.64. The molecule has 2 heteroatoms. The molecule has 2 rings (SSSR count). The summed E-state index contributed by atoms with van der Waals surface area (Å²) in [5.74, 6) is 1.86. The first-order valence-corrected chi connectivity index (χ1v) is 7.32. The Morgan fingerprint density at radius 1 is 0.875 bits per heavy atom. The third kappa shape index (κ3) is 3.21. The molecular formula is C14H28N2. The number of hydrogen-bond acceptors (Lipinski definition) is 2. The maximum atomic E-state index is 3.64. The Balaban J connectivity index is 1.90. The lowest BCUT2D eigenvalue weighted by Crippen LogP contribution is -2.51. The van der Waals surface area contributed by atoms with E-state index in [1.807, 2.05) is 0 Å². The smallest absolute Gasteiger partial charge is 0.0600 e. The van der Waals surface area contributed by atoms with E-state index in [4.69, 9.17) is 0 Å². The van der Waals surface area contributed by atoms with Crippen molar-refractivity contribution in [3.8, 4) is 0 Å². The molecule has 1 saturated heterocycles. The topological polar surface area (TPSA) is 24.1 Å². The molecule has 2 fully saturated rings. The first kappa shape index (κ1) is 12.4. The quantitative estimate of drug-likeness (QED) is 0.753. The molecule has 0 aromatic heterocycles. The zero-order valence-electron chi connectivity index (χ0n) is 10.8. The molecule has 2 atom stereocenters. The summed E-state index contributed by atoms with van der Waals surface area (Å²) in [6.45, 7) is 1.20. The van der Waals surface area contributed by atoms with Gasteiger partial charge < -0.3 is 10.6 Å². The van der Waals surface area contributed by atoms with Crippen LogP contribution in [-0.4, -0.2) is 19.8 Å². The second-order valence-electron chi connectivity index (χ2n) is 5.63. The van der Waals surface area contributed by atoms with Gasteiger partial charge in [0.2, 0.25) is 0 Å². The van der Waals surface area contributed by atoms with E-state index in [2.05, 4.69) is 17.7 Å². The second kappa shape index (κ2) is 6.61. The normalized spacial score (nSPS) is 34.3. The van der Waals surface area contributed by atoms with Gasteiger partial charge in [0.1, 0.15) is 0 Å². The SMILES string of the molecule is CNC1NCCCC1C1CCCCCCC1. The van der Waals surface area contributed by atoms with E-state index in [9.17, 15) is 0 Å². The van der Waals surface area contributed by atoms with Crippen LogP contribution in [0.2, 0.25) is 0 Å². The zero-order valence-corrected chi connectivity index (χ0v) is 10.8. The predicted molar refractivity (Wildman–Crippen MR) is 69.4 cm³/mol. The van der Waals surface area contributed by atoms with Crippen molar-refractivity contribution in [2.24, 2.45) is 11.8 Å². The van der Waals surface area contributed by atoms with E-state index in [-0.39, 0.29) is 0 Å². The van der Waals surface area contributed by atoms with Crippen LogP contribution >= 0.6 is 0 Å². The van der Waals surface area contributed by atoms with Crippen LogP contribution in [0.5, 0.6) is 0 Å². The molecule has 0 spiro atoms. The van der Waals surface area contributed by atoms with Gasteiger partial charge in [0.05, 0.1) is 6.17 Å². The molecule has 2 unspecified atom stereocenters. The van der Waals surface area contributed by atoms with Crippen LogP contribution in [0.15, 0.2) is 0 Å². The summed E-state index contributed by atoms with van der Waals surface area (Å²) < 4.78 is 0. The average Bonchev–Trinajstić information content (AvgIpc) is 2.29. The van der Waals surface area contributed by atoms with E-state index >= 15 is 0 Å². The summed E-state index contributed by atoms with van der Waals surface area (Å²) in [5.41, 5.74) is 0. The van der Waals surface area contributed by atoms with E-state index in [0.717, 1.165) is 11.8 Å².